The Labute approximate surface area is 129 Å². The van der Waals surface area contributed by atoms with Crippen LogP contribution in [0.15, 0.2) is 36.4 Å². The van der Waals surface area contributed by atoms with Gasteiger partial charge in [-0.3, -0.25) is 0 Å². The summed E-state index contributed by atoms with van der Waals surface area (Å²) in [6, 6.07) is 11.2. The van der Waals surface area contributed by atoms with Gasteiger partial charge in [-0.2, -0.15) is 0 Å². The number of methoxy groups -OCH3 is 1. The fourth-order valence-electron chi connectivity index (χ4n) is 2.72. The molecule has 1 aliphatic carbocycles. The van der Waals surface area contributed by atoms with Crippen LogP contribution in [0.5, 0.6) is 5.75 Å². The maximum atomic E-state index is 14.8. The van der Waals surface area contributed by atoms with Gasteiger partial charge in [0, 0.05) is 23.8 Å². The Hall–Kier alpha value is -1.91. The molecule has 22 heavy (non-hydrogen) atoms. The fraction of sp³-hybridized carbons (Fsp3) is 0.333. The van der Waals surface area contributed by atoms with Crippen LogP contribution in [-0.2, 0) is 11.3 Å². The van der Waals surface area contributed by atoms with Gasteiger partial charge in [0.1, 0.15) is 11.6 Å². The van der Waals surface area contributed by atoms with Gasteiger partial charge in [0.05, 0.1) is 6.61 Å². The summed E-state index contributed by atoms with van der Waals surface area (Å²) in [6.07, 6.45) is 1.94. The van der Waals surface area contributed by atoms with Gasteiger partial charge in [-0.25, -0.2) is 4.39 Å². The molecule has 3 rings (SSSR count). The number of hydrogen-bond acceptors (Lipinski definition) is 3. The number of ether oxygens (including phenoxy) is 2. The number of halogens is 1. The Bertz CT molecular complexity index is 651. The zero-order chi connectivity index (χ0) is 15.5. The van der Waals surface area contributed by atoms with E-state index < -0.39 is 0 Å². The second-order valence-electron chi connectivity index (χ2n) is 5.49. The van der Waals surface area contributed by atoms with Gasteiger partial charge in [-0.1, -0.05) is 30.3 Å². The number of rotatable bonds is 6. The van der Waals surface area contributed by atoms with E-state index in [1.165, 1.54) is 0 Å². The Balaban J connectivity index is 2.20. The molecule has 2 aromatic carbocycles. The minimum Gasteiger partial charge on any atom is -0.467 e. The van der Waals surface area contributed by atoms with Crippen molar-refractivity contribution in [3.05, 3.63) is 53.3 Å². The molecule has 0 heterocycles. The van der Waals surface area contributed by atoms with Gasteiger partial charge in [-0.05, 0) is 30.4 Å². The fourth-order valence-corrected chi connectivity index (χ4v) is 2.72. The molecule has 0 bridgehead atoms. The third kappa shape index (κ3) is 2.85. The Kier molecular flexibility index (Phi) is 4.41. The first-order chi connectivity index (χ1) is 10.8. The van der Waals surface area contributed by atoms with Crippen molar-refractivity contribution in [1.29, 1.82) is 0 Å². The Morgan fingerprint density at radius 2 is 1.95 bits per heavy atom. The largest absolute Gasteiger partial charge is 0.467 e. The van der Waals surface area contributed by atoms with Crippen LogP contribution in [0.4, 0.5) is 4.39 Å². The maximum absolute atomic E-state index is 14.8. The van der Waals surface area contributed by atoms with Crippen molar-refractivity contribution < 1.29 is 19.0 Å². The SMILES string of the molecule is COCOc1cc(CO)c(F)c(C2CC2)c1-c1ccccc1. The third-order valence-corrected chi connectivity index (χ3v) is 3.89. The minimum atomic E-state index is -0.343. The molecule has 2 aromatic rings. The van der Waals surface area contributed by atoms with Crippen LogP contribution in [0.1, 0.15) is 29.9 Å². The van der Waals surface area contributed by atoms with Crippen LogP contribution < -0.4 is 4.74 Å². The van der Waals surface area contributed by atoms with Crippen molar-refractivity contribution in [2.75, 3.05) is 13.9 Å². The van der Waals surface area contributed by atoms with E-state index in [-0.39, 0.29) is 30.7 Å². The molecule has 0 radical (unpaired) electrons. The summed E-state index contributed by atoms with van der Waals surface area (Å²) < 4.78 is 25.4. The molecule has 0 saturated heterocycles. The van der Waals surface area contributed by atoms with Crippen LogP contribution in [-0.4, -0.2) is 19.0 Å². The minimum absolute atomic E-state index is 0.0838. The first-order valence-electron chi connectivity index (χ1n) is 7.39. The quantitative estimate of drug-likeness (QED) is 0.824. The normalized spacial score (nSPS) is 14.1. The highest BCUT2D eigenvalue weighted by atomic mass is 19.1. The lowest BCUT2D eigenvalue weighted by atomic mass is 9.93. The maximum Gasteiger partial charge on any atom is 0.188 e. The van der Waals surface area contributed by atoms with E-state index in [0.29, 0.717) is 11.3 Å². The molecule has 1 aliphatic rings. The molecule has 1 fully saturated rings. The van der Waals surface area contributed by atoms with E-state index in [1.807, 2.05) is 30.3 Å². The van der Waals surface area contributed by atoms with Crippen molar-refractivity contribution >= 4 is 0 Å². The molecule has 1 saturated carbocycles. The Morgan fingerprint density at radius 3 is 2.55 bits per heavy atom. The summed E-state index contributed by atoms with van der Waals surface area (Å²) in [5.74, 6) is 0.445. The van der Waals surface area contributed by atoms with Crippen molar-refractivity contribution in [3.8, 4) is 16.9 Å². The predicted octanol–water partition coefficient (Wildman–Crippen LogP) is 3.85. The average Bonchev–Trinajstić information content (AvgIpc) is 3.38. The predicted molar refractivity (Wildman–Crippen MR) is 82.2 cm³/mol. The smallest absolute Gasteiger partial charge is 0.188 e. The summed E-state index contributed by atoms with van der Waals surface area (Å²) in [5, 5.41) is 9.43. The molecule has 0 aliphatic heterocycles. The number of benzene rings is 2. The van der Waals surface area contributed by atoms with Gasteiger partial charge in [0.15, 0.2) is 6.79 Å². The van der Waals surface area contributed by atoms with Crippen LogP contribution >= 0.6 is 0 Å². The standard InChI is InChI=1S/C18H19FO3/c1-21-11-22-15-9-14(10-20)18(19)17(13-7-8-13)16(15)12-5-3-2-4-6-12/h2-6,9,13,20H,7-8,10-11H2,1H3. The summed E-state index contributed by atoms with van der Waals surface area (Å²) >= 11 is 0. The highest BCUT2D eigenvalue weighted by molar-refractivity contribution is 5.76. The third-order valence-electron chi connectivity index (χ3n) is 3.89. The number of aliphatic hydroxyl groups excluding tert-OH is 1. The van der Waals surface area contributed by atoms with Gasteiger partial charge in [0.2, 0.25) is 0 Å². The van der Waals surface area contributed by atoms with Crippen LogP contribution in [0, 0.1) is 5.82 Å². The van der Waals surface area contributed by atoms with Gasteiger partial charge < -0.3 is 14.6 Å². The zero-order valence-electron chi connectivity index (χ0n) is 12.5. The van der Waals surface area contributed by atoms with Crippen LogP contribution in [0.2, 0.25) is 0 Å². The van der Waals surface area contributed by atoms with Gasteiger partial charge in [0.25, 0.3) is 0 Å². The van der Waals surface area contributed by atoms with E-state index in [9.17, 15) is 9.50 Å². The van der Waals surface area contributed by atoms with Crippen molar-refractivity contribution in [2.24, 2.45) is 0 Å². The second kappa shape index (κ2) is 6.46. The van der Waals surface area contributed by atoms with Crippen molar-refractivity contribution in [1.82, 2.24) is 0 Å². The first kappa shape index (κ1) is 15.0. The van der Waals surface area contributed by atoms with E-state index >= 15 is 0 Å². The van der Waals surface area contributed by atoms with Crippen molar-refractivity contribution in [2.45, 2.75) is 25.4 Å². The molecule has 4 heteroatoms. The van der Waals surface area contributed by atoms with E-state index in [1.54, 1.807) is 13.2 Å². The summed E-state index contributed by atoms with van der Waals surface area (Å²) in [6.45, 7) is -0.260. The Morgan fingerprint density at radius 1 is 1.23 bits per heavy atom. The number of aliphatic hydroxyl groups is 1. The molecule has 116 valence electrons. The lowest BCUT2D eigenvalue weighted by Gasteiger charge is -2.18. The average molecular weight is 302 g/mol. The number of hydrogen-bond donors (Lipinski definition) is 1. The van der Waals surface area contributed by atoms with Crippen LogP contribution in [0.25, 0.3) is 11.1 Å². The van der Waals surface area contributed by atoms with E-state index in [4.69, 9.17) is 9.47 Å². The molecule has 3 nitrogen and oxygen atoms in total. The molecule has 1 N–H and O–H groups in total. The molecule has 0 spiro atoms. The zero-order valence-corrected chi connectivity index (χ0v) is 12.5. The molecule has 0 atom stereocenters. The van der Waals surface area contributed by atoms with E-state index in [0.717, 1.165) is 24.0 Å². The highest BCUT2D eigenvalue weighted by Gasteiger charge is 2.32. The highest BCUT2D eigenvalue weighted by Crippen LogP contribution is 2.49. The molecule has 0 unspecified atom stereocenters. The van der Waals surface area contributed by atoms with Gasteiger partial charge in [-0.15, -0.1) is 0 Å². The molecule has 0 amide bonds. The summed E-state index contributed by atoms with van der Waals surface area (Å²) in [7, 11) is 1.54. The summed E-state index contributed by atoms with van der Waals surface area (Å²) in [4.78, 5) is 0. The summed E-state index contributed by atoms with van der Waals surface area (Å²) in [5.41, 5.74) is 2.62. The van der Waals surface area contributed by atoms with E-state index in [2.05, 4.69) is 0 Å². The van der Waals surface area contributed by atoms with Crippen molar-refractivity contribution in [3.63, 3.8) is 0 Å². The second-order valence-corrected chi connectivity index (χ2v) is 5.49. The van der Waals surface area contributed by atoms with Crippen LogP contribution in [0.3, 0.4) is 0 Å². The molecule has 0 aromatic heterocycles. The molecular weight excluding hydrogens is 283 g/mol. The lowest BCUT2D eigenvalue weighted by molar-refractivity contribution is 0.0513. The topological polar surface area (TPSA) is 38.7 Å². The first-order valence-corrected chi connectivity index (χ1v) is 7.39. The molecular formula is C18H19FO3. The van der Waals surface area contributed by atoms with Gasteiger partial charge >= 0.3 is 0 Å². The monoisotopic (exact) mass is 302 g/mol. The lowest BCUT2D eigenvalue weighted by Crippen LogP contribution is -2.06.